The number of anilines is 1. The standard InChI is InChI=1S/C22H27ClFN5O/c1-14-2-5-19-20(14)21(27-13-26-19)28-6-8-29(9-7-28)22(30)16(12-25)10-15-3-4-17(23)18(24)11-15/h3-4,11,13-14,16H,2,5-10,12,25H2,1H3/t14-,16-/m1/s1. The average molecular weight is 432 g/mol. The number of fused-ring (bicyclic) bond motifs is 1. The molecule has 0 bridgehead atoms. The molecule has 0 spiro atoms. The van der Waals surface area contributed by atoms with Crippen LogP contribution in [0.5, 0.6) is 0 Å². The summed E-state index contributed by atoms with van der Waals surface area (Å²) < 4.78 is 13.7. The molecule has 160 valence electrons. The number of hydrogen-bond acceptors (Lipinski definition) is 5. The Morgan fingerprint density at radius 2 is 2.07 bits per heavy atom. The summed E-state index contributed by atoms with van der Waals surface area (Å²) in [5, 5.41) is 0.0796. The molecule has 4 rings (SSSR count). The molecule has 1 aromatic heterocycles. The lowest BCUT2D eigenvalue weighted by Crippen LogP contribution is -2.52. The fraction of sp³-hybridized carbons (Fsp3) is 0.500. The van der Waals surface area contributed by atoms with Crippen molar-refractivity contribution in [2.45, 2.75) is 32.1 Å². The molecule has 1 saturated heterocycles. The van der Waals surface area contributed by atoms with Crippen molar-refractivity contribution in [1.82, 2.24) is 14.9 Å². The van der Waals surface area contributed by atoms with Gasteiger partial charge in [0.1, 0.15) is 18.0 Å². The van der Waals surface area contributed by atoms with Crippen LogP contribution in [-0.2, 0) is 17.6 Å². The molecular weight excluding hydrogens is 405 g/mol. The topological polar surface area (TPSA) is 75.4 Å². The van der Waals surface area contributed by atoms with E-state index in [-0.39, 0.29) is 23.4 Å². The molecule has 1 aliphatic carbocycles. The first-order valence-electron chi connectivity index (χ1n) is 10.5. The second-order valence-electron chi connectivity index (χ2n) is 8.19. The van der Waals surface area contributed by atoms with Crippen molar-refractivity contribution in [2.75, 3.05) is 37.6 Å². The molecule has 1 aliphatic heterocycles. The Kier molecular flexibility index (Phi) is 6.20. The van der Waals surface area contributed by atoms with Gasteiger partial charge in [0.25, 0.3) is 0 Å². The Balaban J connectivity index is 1.40. The highest BCUT2D eigenvalue weighted by atomic mass is 35.5. The minimum absolute atomic E-state index is 0.0220. The molecule has 2 aromatic rings. The third kappa shape index (κ3) is 4.14. The van der Waals surface area contributed by atoms with Gasteiger partial charge in [-0.1, -0.05) is 24.6 Å². The van der Waals surface area contributed by atoms with Gasteiger partial charge >= 0.3 is 0 Å². The van der Waals surface area contributed by atoms with Crippen LogP contribution in [0.4, 0.5) is 10.2 Å². The summed E-state index contributed by atoms with van der Waals surface area (Å²) in [6.07, 6.45) is 4.18. The normalized spacial score (nSPS) is 19.7. The lowest BCUT2D eigenvalue weighted by atomic mass is 9.97. The van der Waals surface area contributed by atoms with Crippen LogP contribution in [0.1, 0.15) is 36.1 Å². The molecule has 6 nitrogen and oxygen atoms in total. The van der Waals surface area contributed by atoms with Crippen molar-refractivity contribution in [3.63, 3.8) is 0 Å². The molecular formula is C22H27ClFN5O. The number of aryl methyl sites for hydroxylation is 1. The predicted octanol–water partition coefficient (Wildman–Crippen LogP) is 2.79. The summed E-state index contributed by atoms with van der Waals surface area (Å²) in [6, 6.07) is 4.65. The summed E-state index contributed by atoms with van der Waals surface area (Å²) in [4.78, 5) is 26.2. The summed E-state index contributed by atoms with van der Waals surface area (Å²) in [6.45, 7) is 5.16. The van der Waals surface area contributed by atoms with Crippen molar-refractivity contribution < 1.29 is 9.18 Å². The number of carbonyl (C=O) groups excluding carboxylic acids is 1. The van der Waals surface area contributed by atoms with E-state index >= 15 is 0 Å². The molecule has 1 fully saturated rings. The van der Waals surface area contributed by atoms with Crippen LogP contribution >= 0.6 is 11.6 Å². The van der Waals surface area contributed by atoms with Gasteiger partial charge in [0.05, 0.1) is 10.9 Å². The minimum Gasteiger partial charge on any atom is -0.353 e. The zero-order valence-electron chi connectivity index (χ0n) is 17.2. The first-order chi connectivity index (χ1) is 14.5. The fourth-order valence-electron chi connectivity index (χ4n) is 4.49. The highest BCUT2D eigenvalue weighted by Gasteiger charge is 2.31. The van der Waals surface area contributed by atoms with Crippen LogP contribution in [0, 0.1) is 11.7 Å². The SMILES string of the molecule is C[C@@H]1CCc2ncnc(N3CCN(C(=O)[C@@H](CN)Cc4ccc(Cl)c(F)c4)CC3)c21. The number of halogens is 2. The zero-order chi connectivity index (χ0) is 21.3. The van der Waals surface area contributed by atoms with Gasteiger partial charge in [-0.15, -0.1) is 0 Å². The molecule has 30 heavy (non-hydrogen) atoms. The Morgan fingerprint density at radius 1 is 1.30 bits per heavy atom. The number of hydrogen-bond donors (Lipinski definition) is 1. The molecule has 8 heteroatoms. The van der Waals surface area contributed by atoms with Crippen LogP contribution < -0.4 is 10.6 Å². The molecule has 2 aliphatic rings. The number of benzene rings is 1. The van der Waals surface area contributed by atoms with Crippen molar-refractivity contribution in [1.29, 1.82) is 0 Å². The fourth-order valence-corrected chi connectivity index (χ4v) is 4.61. The van der Waals surface area contributed by atoms with Gasteiger partial charge in [-0.3, -0.25) is 4.79 Å². The van der Waals surface area contributed by atoms with E-state index in [1.165, 1.54) is 17.7 Å². The number of carbonyl (C=O) groups is 1. The lowest BCUT2D eigenvalue weighted by molar-refractivity contribution is -0.135. The molecule has 2 atom stereocenters. The van der Waals surface area contributed by atoms with E-state index in [0.29, 0.717) is 25.4 Å². The first kappa shape index (κ1) is 21.0. The number of nitrogens with two attached hydrogens (primary N) is 1. The monoisotopic (exact) mass is 431 g/mol. The lowest BCUT2D eigenvalue weighted by Gasteiger charge is -2.37. The highest BCUT2D eigenvalue weighted by Crippen LogP contribution is 2.37. The number of aromatic nitrogens is 2. The Labute approximate surface area is 181 Å². The molecule has 2 heterocycles. The highest BCUT2D eigenvalue weighted by molar-refractivity contribution is 6.30. The maximum absolute atomic E-state index is 13.7. The van der Waals surface area contributed by atoms with Crippen LogP contribution in [0.2, 0.25) is 5.02 Å². The van der Waals surface area contributed by atoms with Gasteiger partial charge in [-0.25, -0.2) is 14.4 Å². The van der Waals surface area contributed by atoms with Gasteiger partial charge in [-0.05, 0) is 42.9 Å². The predicted molar refractivity (Wildman–Crippen MR) is 115 cm³/mol. The number of nitrogens with zero attached hydrogens (tertiary/aromatic N) is 4. The maximum atomic E-state index is 13.7. The average Bonchev–Trinajstić information content (AvgIpc) is 3.15. The van der Waals surface area contributed by atoms with Crippen molar-refractivity contribution in [3.05, 3.63) is 52.2 Å². The quantitative estimate of drug-likeness (QED) is 0.787. The Morgan fingerprint density at radius 3 is 2.77 bits per heavy atom. The van der Waals surface area contributed by atoms with Crippen LogP contribution in [-0.4, -0.2) is 53.5 Å². The van der Waals surface area contributed by atoms with Gasteiger partial charge in [0.15, 0.2) is 0 Å². The van der Waals surface area contributed by atoms with Gasteiger partial charge < -0.3 is 15.5 Å². The second kappa shape index (κ2) is 8.86. The van der Waals surface area contributed by atoms with Crippen LogP contribution in [0.15, 0.2) is 24.5 Å². The van der Waals surface area contributed by atoms with Gasteiger partial charge in [-0.2, -0.15) is 0 Å². The summed E-state index contributed by atoms with van der Waals surface area (Å²) in [5.74, 6) is 0.660. The number of piperazine rings is 1. The molecule has 1 amide bonds. The minimum atomic E-state index is -0.474. The van der Waals surface area contributed by atoms with E-state index < -0.39 is 5.82 Å². The third-order valence-corrected chi connectivity index (χ3v) is 6.55. The van der Waals surface area contributed by atoms with E-state index in [1.54, 1.807) is 12.4 Å². The largest absolute Gasteiger partial charge is 0.353 e. The zero-order valence-corrected chi connectivity index (χ0v) is 17.9. The third-order valence-electron chi connectivity index (χ3n) is 6.24. The molecule has 0 saturated carbocycles. The summed E-state index contributed by atoms with van der Waals surface area (Å²) in [5.41, 5.74) is 9.05. The Bertz CT molecular complexity index is 932. The van der Waals surface area contributed by atoms with E-state index in [4.69, 9.17) is 17.3 Å². The van der Waals surface area contributed by atoms with Crippen molar-refractivity contribution >= 4 is 23.3 Å². The van der Waals surface area contributed by atoms with Crippen LogP contribution in [0.25, 0.3) is 0 Å². The van der Waals surface area contributed by atoms with E-state index in [9.17, 15) is 9.18 Å². The van der Waals surface area contributed by atoms with Gasteiger partial charge in [0, 0.05) is 44.0 Å². The first-order valence-corrected chi connectivity index (χ1v) is 10.9. The van der Waals surface area contributed by atoms with Crippen LogP contribution in [0.3, 0.4) is 0 Å². The van der Waals surface area contributed by atoms with Gasteiger partial charge in [0.2, 0.25) is 5.91 Å². The molecule has 0 radical (unpaired) electrons. The second-order valence-corrected chi connectivity index (χ2v) is 8.60. The molecule has 1 aromatic carbocycles. The van der Waals surface area contributed by atoms with Crippen molar-refractivity contribution in [2.24, 2.45) is 11.7 Å². The number of amides is 1. The summed E-state index contributed by atoms with van der Waals surface area (Å²) in [7, 11) is 0. The molecule has 0 unspecified atom stereocenters. The van der Waals surface area contributed by atoms with E-state index in [1.807, 2.05) is 4.90 Å². The van der Waals surface area contributed by atoms with E-state index in [2.05, 4.69) is 21.8 Å². The smallest absolute Gasteiger partial charge is 0.227 e. The Hall–Kier alpha value is -2.25. The summed E-state index contributed by atoms with van der Waals surface area (Å²) >= 11 is 5.76. The maximum Gasteiger partial charge on any atom is 0.227 e. The molecule has 2 N–H and O–H groups in total. The van der Waals surface area contributed by atoms with E-state index in [0.717, 1.165) is 43.0 Å². The van der Waals surface area contributed by atoms with Crippen molar-refractivity contribution in [3.8, 4) is 0 Å². The number of rotatable bonds is 5.